The minimum Gasteiger partial charge on any atom is -0.393 e. The lowest BCUT2D eigenvalue weighted by molar-refractivity contribution is -0.124. The quantitative estimate of drug-likeness (QED) is 0.680. The molecule has 2 N–H and O–H groups in total. The fourth-order valence-corrected chi connectivity index (χ4v) is 2.18. The zero-order valence-electron chi connectivity index (χ0n) is 9.85. The molecule has 0 bridgehead atoms. The fraction of sp³-hybridized carbons (Fsp3) is 0.727. The van der Waals surface area contributed by atoms with Crippen LogP contribution in [0, 0.1) is 5.92 Å². The lowest BCUT2D eigenvalue weighted by Crippen LogP contribution is -2.39. The van der Waals surface area contributed by atoms with Crippen LogP contribution in [0.1, 0.15) is 26.2 Å². The topological polar surface area (TPSA) is 82.0 Å². The first kappa shape index (κ1) is 12.0. The first-order valence-electron chi connectivity index (χ1n) is 5.90. The Labute approximate surface area is 99.7 Å². The van der Waals surface area contributed by atoms with Crippen molar-refractivity contribution in [3.63, 3.8) is 0 Å². The van der Waals surface area contributed by atoms with Gasteiger partial charge in [0, 0.05) is 31.8 Å². The van der Waals surface area contributed by atoms with Crippen LogP contribution in [-0.4, -0.2) is 46.7 Å². The molecule has 2 rings (SSSR count). The molecule has 2 amide bonds. The monoisotopic (exact) mass is 239 g/mol. The summed E-state index contributed by atoms with van der Waals surface area (Å²) < 4.78 is 0. The van der Waals surface area contributed by atoms with Crippen LogP contribution in [0.5, 0.6) is 0 Å². The SMILES string of the molecule is CC(O)C1CCN(C(=O)C2=NNC(=O)CC2)C1. The largest absolute Gasteiger partial charge is 0.393 e. The van der Waals surface area contributed by atoms with Gasteiger partial charge in [-0.2, -0.15) is 5.10 Å². The van der Waals surface area contributed by atoms with Crippen LogP contribution < -0.4 is 5.43 Å². The summed E-state index contributed by atoms with van der Waals surface area (Å²) in [6, 6.07) is 0. The van der Waals surface area contributed by atoms with Crippen LogP contribution in [0.3, 0.4) is 0 Å². The maximum absolute atomic E-state index is 12.0. The zero-order valence-corrected chi connectivity index (χ0v) is 9.85. The van der Waals surface area contributed by atoms with Crippen molar-refractivity contribution < 1.29 is 14.7 Å². The smallest absolute Gasteiger partial charge is 0.270 e. The molecule has 1 fully saturated rings. The number of amides is 2. The van der Waals surface area contributed by atoms with Gasteiger partial charge in [-0.05, 0) is 13.3 Å². The highest BCUT2D eigenvalue weighted by molar-refractivity contribution is 6.39. The number of hydrazone groups is 1. The van der Waals surface area contributed by atoms with E-state index in [4.69, 9.17) is 0 Å². The van der Waals surface area contributed by atoms with Gasteiger partial charge >= 0.3 is 0 Å². The third-order valence-electron chi connectivity index (χ3n) is 3.35. The van der Waals surface area contributed by atoms with Crippen molar-refractivity contribution in [2.45, 2.75) is 32.3 Å². The summed E-state index contributed by atoms with van der Waals surface area (Å²) in [4.78, 5) is 24.7. The van der Waals surface area contributed by atoms with Crippen molar-refractivity contribution in [1.29, 1.82) is 0 Å². The van der Waals surface area contributed by atoms with E-state index in [1.54, 1.807) is 11.8 Å². The van der Waals surface area contributed by atoms with Crippen LogP contribution in [-0.2, 0) is 9.59 Å². The van der Waals surface area contributed by atoms with Crippen molar-refractivity contribution in [2.24, 2.45) is 11.0 Å². The molecule has 6 nitrogen and oxygen atoms in total. The molecule has 2 aliphatic rings. The van der Waals surface area contributed by atoms with E-state index in [0.29, 0.717) is 31.6 Å². The van der Waals surface area contributed by atoms with Crippen molar-refractivity contribution in [1.82, 2.24) is 10.3 Å². The first-order valence-corrected chi connectivity index (χ1v) is 5.90. The molecular weight excluding hydrogens is 222 g/mol. The normalized spacial score (nSPS) is 26.5. The molecule has 6 heteroatoms. The van der Waals surface area contributed by atoms with Gasteiger partial charge in [0.2, 0.25) is 5.91 Å². The molecule has 2 heterocycles. The van der Waals surface area contributed by atoms with E-state index in [1.807, 2.05) is 0 Å². The average Bonchev–Trinajstić information content (AvgIpc) is 2.78. The van der Waals surface area contributed by atoms with E-state index in [2.05, 4.69) is 10.5 Å². The maximum Gasteiger partial charge on any atom is 0.270 e. The van der Waals surface area contributed by atoms with Gasteiger partial charge in [0.15, 0.2) is 0 Å². The number of hydrogen-bond acceptors (Lipinski definition) is 4. The van der Waals surface area contributed by atoms with E-state index in [1.165, 1.54) is 0 Å². The van der Waals surface area contributed by atoms with Crippen molar-refractivity contribution in [3.05, 3.63) is 0 Å². The molecule has 0 saturated carbocycles. The van der Waals surface area contributed by atoms with Crippen molar-refractivity contribution in [2.75, 3.05) is 13.1 Å². The Hall–Kier alpha value is -1.43. The summed E-state index contributed by atoms with van der Waals surface area (Å²) in [6.07, 6.45) is 1.16. The van der Waals surface area contributed by atoms with Crippen LogP contribution in [0.4, 0.5) is 0 Å². The number of nitrogens with zero attached hydrogens (tertiary/aromatic N) is 2. The molecule has 2 unspecified atom stereocenters. The molecule has 0 aromatic carbocycles. The van der Waals surface area contributed by atoms with Crippen LogP contribution in [0.2, 0.25) is 0 Å². The summed E-state index contributed by atoms with van der Waals surface area (Å²) in [5.41, 5.74) is 2.74. The van der Waals surface area contributed by atoms with Gasteiger partial charge in [0.05, 0.1) is 6.10 Å². The third-order valence-corrected chi connectivity index (χ3v) is 3.35. The highest BCUT2D eigenvalue weighted by Crippen LogP contribution is 2.20. The van der Waals surface area contributed by atoms with Crippen molar-refractivity contribution in [3.8, 4) is 0 Å². The summed E-state index contributed by atoms with van der Waals surface area (Å²) >= 11 is 0. The zero-order chi connectivity index (χ0) is 12.4. The molecular formula is C11H17N3O3. The fourth-order valence-electron chi connectivity index (χ4n) is 2.18. The number of hydrogen-bond donors (Lipinski definition) is 2. The predicted octanol–water partition coefficient (Wildman–Crippen LogP) is -0.518. The molecule has 17 heavy (non-hydrogen) atoms. The highest BCUT2D eigenvalue weighted by atomic mass is 16.3. The number of carbonyl (C=O) groups excluding carboxylic acids is 2. The average molecular weight is 239 g/mol. The van der Waals surface area contributed by atoms with Crippen LogP contribution in [0.25, 0.3) is 0 Å². The Morgan fingerprint density at radius 2 is 2.35 bits per heavy atom. The standard InChI is InChI=1S/C11H17N3O3/c1-7(15)8-4-5-14(6-8)11(17)9-2-3-10(16)13-12-9/h7-8,15H,2-6H2,1H3,(H,13,16). The Morgan fingerprint density at radius 1 is 1.59 bits per heavy atom. The molecule has 0 radical (unpaired) electrons. The van der Waals surface area contributed by atoms with E-state index in [0.717, 1.165) is 6.42 Å². The molecule has 0 aromatic heterocycles. The van der Waals surface area contributed by atoms with Gasteiger partial charge < -0.3 is 10.0 Å². The molecule has 2 aliphatic heterocycles. The number of likely N-dealkylation sites (tertiary alicyclic amines) is 1. The van der Waals surface area contributed by atoms with Crippen molar-refractivity contribution >= 4 is 17.5 Å². The maximum atomic E-state index is 12.0. The minimum atomic E-state index is -0.388. The van der Waals surface area contributed by atoms with Gasteiger partial charge in [-0.15, -0.1) is 0 Å². The predicted molar refractivity (Wildman–Crippen MR) is 61.2 cm³/mol. The molecule has 2 atom stereocenters. The first-order chi connectivity index (χ1) is 8.08. The summed E-state index contributed by atoms with van der Waals surface area (Å²) in [6.45, 7) is 2.97. The number of nitrogens with one attached hydrogen (secondary N) is 1. The lowest BCUT2D eigenvalue weighted by atomic mass is 10.0. The van der Waals surface area contributed by atoms with Gasteiger partial charge in [0.1, 0.15) is 5.71 Å². The highest BCUT2D eigenvalue weighted by Gasteiger charge is 2.31. The Balaban J connectivity index is 1.95. The van der Waals surface area contributed by atoms with Gasteiger partial charge in [-0.1, -0.05) is 0 Å². The van der Waals surface area contributed by atoms with Gasteiger partial charge in [-0.25, -0.2) is 5.43 Å². The van der Waals surface area contributed by atoms with E-state index < -0.39 is 0 Å². The summed E-state index contributed by atoms with van der Waals surface area (Å²) in [7, 11) is 0. The molecule has 94 valence electrons. The molecule has 0 spiro atoms. The van der Waals surface area contributed by atoms with E-state index in [-0.39, 0.29) is 23.8 Å². The second-order valence-electron chi connectivity index (χ2n) is 4.63. The van der Waals surface area contributed by atoms with Gasteiger partial charge in [0.25, 0.3) is 5.91 Å². The Morgan fingerprint density at radius 3 is 2.88 bits per heavy atom. The molecule has 0 aromatic rings. The number of aliphatic hydroxyl groups is 1. The Kier molecular flexibility index (Phi) is 3.42. The second kappa shape index (κ2) is 4.83. The van der Waals surface area contributed by atoms with E-state index >= 15 is 0 Å². The molecule has 0 aliphatic carbocycles. The summed E-state index contributed by atoms with van der Waals surface area (Å²) in [5.74, 6) is -0.115. The second-order valence-corrected chi connectivity index (χ2v) is 4.63. The van der Waals surface area contributed by atoms with E-state index in [9.17, 15) is 14.7 Å². The number of carbonyl (C=O) groups is 2. The third kappa shape index (κ3) is 2.63. The van der Waals surface area contributed by atoms with Crippen LogP contribution in [0.15, 0.2) is 5.10 Å². The van der Waals surface area contributed by atoms with Crippen LogP contribution >= 0.6 is 0 Å². The molecule has 1 saturated heterocycles. The number of rotatable bonds is 2. The lowest BCUT2D eigenvalue weighted by Gasteiger charge is -2.20. The summed E-state index contributed by atoms with van der Waals surface area (Å²) in [5, 5.41) is 13.3. The minimum absolute atomic E-state index is 0.117. The Bertz CT molecular complexity index is 365. The number of aliphatic hydroxyl groups excluding tert-OH is 1. The van der Waals surface area contributed by atoms with Gasteiger partial charge in [-0.3, -0.25) is 9.59 Å².